The largest absolute Gasteiger partial charge is 0.364 e. The minimum absolute atomic E-state index is 0.156. The van der Waals surface area contributed by atoms with E-state index in [1.807, 2.05) is 20.9 Å². The van der Waals surface area contributed by atoms with Gasteiger partial charge < -0.3 is 10.1 Å². The van der Waals surface area contributed by atoms with E-state index in [1.54, 1.807) is 0 Å². The van der Waals surface area contributed by atoms with Crippen LogP contribution in [-0.4, -0.2) is 32.5 Å². The van der Waals surface area contributed by atoms with Gasteiger partial charge in [-0.25, -0.2) is 0 Å². The minimum atomic E-state index is 0.156. The molecule has 0 rings (SSSR count). The van der Waals surface area contributed by atoms with E-state index in [9.17, 15) is 0 Å². The molecule has 0 radical (unpaired) electrons. The molecule has 0 heterocycles. The van der Waals surface area contributed by atoms with Crippen molar-refractivity contribution in [2.45, 2.75) is 33.0 Å². The van der Waals surface area contributed by atoms with Gasteiger partial charge in [0, 0.05) is 19.2 Å². The van der Waals surface area contributed by atoms with Gasteiger partial charge in [0.15, 0.2) is 0 Å². The molecule has 0 saturated heterocycles. The van der Waals surface area contributed by atoms with Crippen LogP contribution in [0.1, 0.15) is 20.8 Å². The Bertz CT molecular complexity index is 78.2. The maximum Gasteiger partial charge on any atom is 0.105 e. The molecule has 0 aliphatic heterocycles. The molecular weight excluding hydrogens is 140 g/mol. The average Bonchev–Trinajstić information content (AvgIpc) is 1.87. The van der Waals surface area contributed by atoms with E-state index in [0.717, 1.165) is 13.2 Å². The van der Waals surface area contributed by atoms with Gasteiger partial charge in [0.05, 0.1) is 0 Å². The zero-order valence-corrected chi connectivity index (χ0v) is 7.98. The SMILES string of the molecule is CCOC(C)NC(C)CNC. The van der Waals surface area contributed by atoms with Crippen LogP contribution < -0.4 is 10.6 Å². The lowest BCUT2D eigenvalue weighted by Gasteiger charge is -2.19. The van der Waals surface area contributed by atoms with Gasteiger partial charge in [-0.3, -0.25) is 5.32 Å². The fourth-order valence-electron chi connectivity index (χ4n) is 1.06. The number of hydrogen-bond donors (Lipinski definition) is 2. The Kier molecular flexibility index (Phi) is 6.51. The number of rotatable bonds is 6. The maximum atomic E-state index is 5.32. The van der Waals surface area contributed by atoms with Crippen LogP contribution in [0.5, 0.6) is 0 Å². The first-order chi connectivity index (χ1) is 5.20. The molecule has 3 nitrogen and oxygen atoms in total. The molecular formula is C8H20N2O. The van der Waals surface area contributed by atoms with Gasteiger partial charge in [0.1, 0.15) is 6.23 Å². The summed E-state index contributed by atoms with van der Waals surface area (Å²) in [6, 6.07) is 0.460. The molecule has 0 saturated carbocycles. The predicted molar refractivity (Wildman–Crippen MR) is 47.6 cm³/mol. The van der Waals surface area contributed by atoms with E-state index in [-0.39, 0.29) is 6.23 Å². The van der Waals surface area contributed by atoms with E-state index in [2.05, 4.69) is 17.6 Å². The second kappa shape index (κ2) is 6.58. The smallest absolute Gasteiger partial charge is 0.105 e. The van der Waals surface area contributed by atoms with Crippen molar-refractivity contribution in [1.82, 2.24) is 10.6 Å². The molecule has 3 heteroatoms. The molecule has 2 atom stereocenters. The first-order valence-corrected chi connectivity index (χ1v) is 4.23. The average molecular weight is 160 g/mol. The third-order valence-electron chi connectivity index (χ3n) is 1.45. The van der Waals surface area contributed by atoms with Crippen molar-refractivity contribution >= 4 is 0 Å². The second-order valence-electron chi connectivity index (χ2n) is 2.72. The van der Waals surface area contributed by atoms with Crippen LogP contribution in [0.4, 0.5) is 0 Å². The van der Waals surface area contributed by atoms with E-state index in [1.165, 1.54) is 0 Å². The summed E-state index contributed by atoms with van der Waals surface area (Å²) in [5, 5.41) is 6.39. The zero-order chi connectivity index (χ0) is 8.69. The molecule has 2 unspecified atom stereocenters. The Hall–Kier alpha value is -0.120. The first-order valence-electron chi connectivity index (χ1n) is 4.23. The molecule has 0 aliphatic carbocycles. The summed E-state index contributed by atoms with van der Waals surface area (Å²) in [7, 11) is 1.95. The first kappa shape index (κ1) is 10.9. The molecule has 0 spiro atoms. The summed E-state index contributed by atoms with van der Waals surface area (Å²) >= 11 is 0. The van der Waals surface area contributed by atoms with Crippen LogP contribution in [-0.2, 0) is 4.74 Å². The summed E-state index contributed by atoms with van der Waals surface area (Å²) < 4.78 is 5.32. The van der Waals surface area contributed by atoms with Crippen LogP contribution in [0.15, 0.2) is 0 Å². The van der Waals surface area contributed by atoms with Gasteiger partial charge in [0.2, 0.25) is 0 Å². The molecule has 0 bridgehead atoms. The Labute approximate surface area is 69.5 Å². The second-order valence-corrected chi connectivity index (χ2v) is 2.72. The van der Waals surface area contributed by atoms with Gasteiger partial charge in [-0.05, 0) is 27.8 Å². The Balaban J connectivity index is 3.32. The van der Waals surface area contributed by atoms with E-state index < -0.39 is 0 Å². The lowest BCUT2D eigenvalue weighted by atomic mass is 10.3. The lowest BCUT2D eigenvalue weighted by molar-refractivity contribution is 0.0446. The number of ether oxygens (including phenoxy) is 1. The molecule has 0 fully saturated rings. The topological polar surface area (TPSA) is 33.3 Å². The van der Waals surface area contributed by atoms with E-state index in [0.29, 0.717) is 6.04 Å². The molecule has 0 aromatic rings. The van der Waals surface area contributed by atoms with Crippen molar-refractivity contribution in [2.24, 2.45) is 0 Å². The number of nitrogens with one attached hydrogen (secondary N) is 2. The van der Waals surface area contributed by atoms with Crippen molar-refractivity contribution < 1.29 is 4.74 Å². The fraction of sp³-hybridized carbons (Fsp3) is 1.00. The van der Waals surface area contributed by atoms with Crippen molar-refractivity contribution in [3.63, 3.8) is 0 Å². The normalized spacial score (nSPS) is 16.4. The van der Waals surface area contributed by atoms with E-state index in [4.69, 9.17) is 4.74 Å². The Morgan fingerprint density at radius 3 is 2.45 bits per heavy atom. The van der Waals surface area contributed by atoms with Crippen LogP contribution in [0, 0.1) is 0 Å². The molecule has 11 heavy (non-hydrogen) atoms. The summed E-state index contributed by atoms with van der Waals surface area (Å²) in [5.74, 6) is 0. The summed E-state index contributed by atoms with van der Waals surface area (Å²) in [6.07, 6.45) is 0.156. The van der Waals surface area contributed by atoms with Crippen molar-refractivity contribution in [3.05, 3.63) is 0 Å². The van der Waals surface area contributed by atoms with Crippen LogP contribution in [0.25, 0.3) is 0 Å². The third kappa shape index (κ3) is 6.28. The molecule has 68 valence electrons. The quantitative estimate of drug-likeness (QED) is 0.557. The third-order valence-corrected chi connectivity index (χ3v) is 1.45. The highest BCUT2D eigenvalue weighted by molar-refractivity contribution is 4.62. The van der Waals surface area contributed by atoms with Crippen LogP contribution >= 0.6 is 0 Å². The molecule has 2 N–H and O–H groups in total. The van der Waals surface area contributed by atoms with Crippen LogP contribution in [0.2, 0.25) is 0 Å². The van der Waals surface area contributed by atoms with Gasteiger partial charge in [0.25, 0.3) is 0 Å². The summed E-state index contributed by atoms with van der Waals surface area (Å²) in [5.41, 5.74) is 0. The van der Waals surface area contributed by atoms with Gasteiger partial charge in [-0.15, -0.1) is 0 Å². The van der Waals surface area contributed by atoms with Gasteiger partial charge in [-0.2, -0.15) is 0 Å². The molecule has 0 aromatic carbocycles. The highest BCUT2D eigenvalue weighted by atomic mass is 16.5. The predicted octanol–water partition coefficient (Wildman–Crippen LogP) is 0.566. The van der Waals surface area contributed by atoms with Crippen molar-refractivity contribution in [1.29, 1.82) is 0 Å². The zero-order valence-electron chi connectivity index (χ0n) is 7.98. The summed E-state index contributed by atoms with van der Waals surface area (Å²) in [6.45, 7) is 7.89. The Morgan fingerprint density at radius 2 is 2.00 bits per heavy atom. The van der Waals surface area contributed by atoms with E-state index >= 15 is 0 Å². The maximum absolute atomic E-state index is 5.32. The highest BCUT2D eigenvalue weighted by Gasteiger charge is 2.04. The van der Waals surface area contributed by atoms with Crippen molar-refractivity contribution in [2.75, 3.05) is 20.2 Å². The minimum Gasteiger partial charge on any atom is -0.364 e. The number of likely N-dealkylation sites (N-methyl/N-ethyl adjacent to an activating group) is 1. The molecule has 0 aliphatic rings. The van der Waals surface area contributed by atoms with Gasteiger partial charge >= 0.3 is 0 Å². The fourth-order valence-corrected chi connectivity index (χ4v) is 1.06. The monoisotopic (exact) mass is 160 g/mol. The standard InChI is InChI=1S/C8H20N2O/c1-5-11-8(3)10-7(2)6-9-4/h7-10H,5-6H2,1-4H3. The highest BCUT2D eigenvalue weighted by Crippen LogP contribution is 1.87. The number of hydrogen-bond acceptors (Lipinski definition) is 3. The van der Waals surface area contributed by atoms with Crippen LogP contribution in [0.3, 0.4) is 0 Å². The lowest BCUT2D eigenvalue weighted by Crippen LogP contribution is -2.41. The molecule has 0 amide bonds. The van der Waals surface area contributed by atoms with Gasteiger partial charge in [-0.1, -0.05) is 0 Å². The molecule has 0 aromatic heterocycles. The Morgan fingerprint density at radius 1 is 1.36 bits per heavy atom. The summed E-state index contributed by atoms with van der Waals surface area (Å²) in [4.78, 5) is 0. The van der Waals surface area contributed by atoms with Crippen molar-refractivity contribution in [3.8, 4) is 0 Å².